The number of rotatable bonds is 4. The van der Waals surface area contributed by atoms with Gasteiger partial charge in [-0.05, 0) is 35.9 Å². The molecular weight excluding hydrogens is 312 g/mol. The Kier molecular flexibility index (Phi) is 3.78. The van der Waals surface area contributed by atoms with Crippen molar-refractivity contribution in [3.63, 3.8) is 0 Å². The highest BCUT2D eigenvalue weighted by Crippen LogP contribution is 2.25. The van der Waals surface area contributed by atoms with Crippen LogP contribution in [0.15, 0.2) is 78.9 Å². The van der Waals surface area contributed by atoms with Gasteiger partial charge >= 0.3 is 5.97 Å². The summed E-state index contributed by atoms with van der Waals surface area (Å²) in [7, 11) is 0. The molecule has 0 aliphatic heterocycles. The number of para-hydroxylation sites is 1. The number of carboxylic acids is 1. The third-order valence-corrected chi connectivity index (χ3v) is 4.23. The average Bonchev–Trinajstić information content (AvgIpc) is 3.01. The van der Waals surface area contributed by atoms with E-state index in [1.807, 2.05) is 53.2 Å². The Balaban J connectivity index is 1.94. The first-order valence-electron chi connectivity index (χ1n) is 8.07. The molecule has 0 radical (unpaired) electrons. The minimum absolute atomic E-state index is 0.273. The van der Waals surface area contributed by atoms with E-state index < -0.39 is 5.97 Å². The Bertz CT molecular complexity index is 1040. The predicted molar refractivity (Wildman–Crippen MR) is 97.3 cm³/mol. The van der Waals surface area contributed by atoms with Crippen LogP contribution in [0.4, 0.5) is 0 Å². The van der Waals surface area contributed by atoms with E-state index in [9.17, 15) is 9.90 Å². The van der Waals surface area contributed by atoms with Crippen molar-refractivity contribution in [3.8, 4) is 5.69 Å². The number of aromatic nitrogens is 2. The molecule has 122 valence electrons. The van der Waals surface area contributed by atoms with Gasteiger partial charge in [-0.15, -0.1) is 0 Å². The zero-order chi connectivity index (χ0) is 17.2. The summed E-state index contributed by atoms with van der Waals surface area (Å²) < 4.78 is 1.91. The van der Waals surface area contributed by atoms with E-state index >= 15 is 0 Å². The number of hydrogen-bond acceptors (Lipinski definition) is 2. The van der Waals surface area contributed by atoms with Gasteiger partial charge in [0.15, 0.2) is 0 Å². The molecule has 4 aromatic rings. The van der Waals surface area contributed by atoms with E-state index in [1.165, 1.54) is 0 Å². The van der Waals surface area contributed by atoms with Crippen LogP contribution in [0.5, 0.6) is 0 Å². The summed E-state index contributed by atoms with van der Waals surface area (Å²) >= 11 is 0. The Hall–Kier alpha value is -3.40. The molecule has 0 aliphatic carbocycles. The van der Waals surface area contributed by atoms with Crippen molar-refractivity contribution in [1.82, 2.24) is 9.78 Å². The van der Waals surface area contributed by atoms with Crippen LogP contribution in [0, 0.1) is 0 Å². The molecule has 0 bridgehead atoms. The number of nitrogens with zero attached hydrogens (tertiary/aromatic N) is 2. The molecule has 1 heterocycles. The molecule has 4 heteroatoms. The van der Waals surface area contributed by atoms with Crippen LogP contribution in [-0.2, 0) is 6.42 Å². The van der Waals surface area contributed by atoms with Crippen LogP contribution in [0.3, 0.4) is 0 Å². The second-order valence-corrected chi connectivity index (χ2v) is 5.89. The Morgan fingerprint density at radius 1 is 0.920 bits per heavy atom. The maximum absolute atomic E-state index is 11.4. The number of carboxylic acid groups (broad SMARTS) is 1. The molecule has 0 saturated carbocycles. The van der Waals surface area contributed by atoms with Gasteiger partial charge in [0, 0.05) is 11.8 Å². The van der Waals surface area contributed by atoms with Gasteiger partial charge in [0.05, 0.1) is 22.5 Å². The molecule has 1 aromatic heterocycles. The summed E-state index contributed by atoms with van der Waals surface area (Å²) in [5, 5.41) is 14.9. The fourth-order valence-electron chi connectivity index (χ4n) is 3.01. The first-order chi connectivity index (χ1) is 12.2. The number of hydrogen-bond donors (Lipinski definition) is 1. The van der Waals surface area contributed by atoms with Gasteiger partial charge in [-0.3, -0.25) is 0 Å². The second-order valence-electron chi connectivity index (χ2n) is 5.89. The molecular formula is C21H16N2O2. The smallest absolute Gasteiger partial charge is 0.335 e. The first-order valence-corrected chi connectivity index (χ1v) is 8.07. The van der Waals surface area contributed by atoms with Crippen LogP contribution in [0.2, 0.25) is 0 Å². The minimum Gasteiger partial charge on any atom is -0.478 e. The van der Waals surface area contributed by atoms with E-state index in [2.05, 4.69) is 12.1 Å². The molecule has 3 aromatic carbocycles. The average molecular weight is 328 g/mol. The third kappa shape index (κ3) is 2.90. The number of aromatic carboxylic acids is 1. The maximum Gasteiger partial charge on any atom is 0.335 e. The Labute approximate surface area is 145 Å². The van der Waals surface area contributed by atoms with Crippen LogP contribution >= 0.6 is 0 Å². The highest BCUT2D eigenvalue weighted by Gasteiger charge is 2.15. The van der Waals surface area contributed by atoms with Crippen LogP contribution in [0.1, 0.15) is 21.6 Å². The van der Waals surface area contributed by atoms with Crippen LogP contribution < -0.4 is 0 Å². The molecule has 0 aliphatic rings. The largest absolute Gasteiger partial charge is 0.478 e. The third-order valence-electron chi connectivity index (χ3n) is 4.23. The van der Waals surface area contributed by atoms with Crippen molar-refractivity contribution in [2.24, 2.45) is 0 Å². The fraction of sp³-hybridized carbons (Fsp3) is 0.0476. The van der Waals surface area contributed by atoms with Gasteiger partial charge in [-0.25, -0.2) is 9.48 Å². The maximum atomic E-state index is 11.4. The lowest BCUT2D eigenvalue weighted by Gasteiger charge is -2.08. The Morgan fingerprint density at radius 3 is 2.28 bits per heavy atom. The molecule has 4 rings (SSSR count). The van der Waals surface area contributed by atoms with Gasteiger partial charge in [0.1, 0.15) is 0 Å². The monoisotopic (exact) mass is 328 g/mol. The van der Waals surface area contributed by atoms with E-state index in [0.29, 0.717) is 6.42 Å². The molecule has 1 N–H and O–H groups in total. The summed E-state index contributed by atoms with van der Waals surface area (Å²) in [5.41, 5.74) is 4.16. The zero-order valence-electron chi connectivity index (χ0n) is 13.5. The van der Waals surface area contributed by atoms with Crippen LogP contribution in [-0.4, -0.2) is 20.9 Å². The lowest BCUT2D eigenvalue weighted by Crippen LogP contribution is -2.03. The van der Waals surface area contributed by atoms with Gasteiger partial charge in [-0.1, -0.05) is 48.5 Å². The lowest BCUT2D eigenvalue weighted by molar-refractivity contribution is 0.0697. The highest BCUT2D eigenvalue weighted by atomic mass is 16.4. The van der Waals surface area contributed by atoms with Gasteiger partial charge in [-0.2, -0.15) is 5.10 Å². The highest BCUT2D eigenvalue weighted by molar-refractivity contribution is 5.94. The topological polar surface area (TPSA) is 55.1 Å². The van der Waals surface area contributed by atoms with E-state index in [-0.39, 0.29) is 5.56 Å². The van der Waals surface area contributed by atoms with E-state index in [1.54, 1.807) is 18.2 Å². The van der Waals surface area contributed by atoms with Crippen molar-refractivity contribution < 1.29 is 9.90 Å². The summed E-state index contributed by atoms with van der Waals surface area (Å²) in [4.78, 5) is 11.4. The number of carbonyl (C=O) groups is 1. The molecule has 25 heavy (non-hydrogen) atoms. The van der Waals surface area contributed by atoms with Crippen molar-refractivity contribution in [3.05, 3.63) is 95.7 Å². The Morgan fingerprint density at radius 2 is 1.60 bits per heavy atom. The van der Waals surface area contributed by atoms with Crippen molar-refractivity contribution in [2.75, 3.05) is 0 Å². The normalized spacial score (nSPS) is 10.9. The zero-order valence-corrected chi connectivity index (χ0v) is 13.5. The summed E-state index contributed by atoms with van der Waals surface area (Å²) in [6, 6.07) is 25.1. The molecule has 0 unspecified atom stereocenters. The lowest BCUT2D eigenvalue weighted by atomic mass is 10.0. The molecule has 0 spiro atoms. The van der Waals surface area contributed by atoms with Crippen molar-refractivity contribution in [2.45, 2.75) is 6.42 Å². The number of benzene rings is 3. The molecule has 0 fully saturated rings. The summed E-state index contributed by atoms with van der Waals surface area (Å²) in [6.45, 7) is 0. The molecule has 0 saturated heterocycles. The standard InChI is InChI=1S/C21H16N2O2/c24-21(25)16-11-12-19-18(14-16)20(13-15-7-3-1-4-8-15)23(22-19)17-9-5-2-6-10-17/h1-12,14H,13H2,(H,24,25). The quantitative estimate of drug-likeness (QED) is 0.607. The van der Waals surface area contributed by atoms with Crippen molar-refractivity contribution >= 4 is 16.9 Å². The summed E-state index contributed by atoms with van der Waals surface area (Å²) in [6.07, 6.45) is 0.676. The van der Waals surface area contributed by atoms with Crippen molar-refractivity contribution in [1.29, 1.82) is 0 Å². The molecule has 0 atom stereocenters. The van der Waals surface area contributed by atoms with E-state index in [4.69, 9.17) is 5.10 Å². The van der Waals surface area contributed by atoms with Gasteiger partial charge in [0.25, 0.3) is 0 Å². The van der Waals surface area contributed by atoms with Gasteiger partial charge in [0.2, 0.25) is 0 Å². The molecule has 0 amide bonds. The number of fused-ring (bicyclic) bond motifs is 1. The first kappa shape index (κ1) is 15.1. The SMILES string of the molecule is O=C(O)c1ccc2nn(-c3ccccc3)c(Cc3ccccc3)c2c1. The second kappa shape index (κ2) is 6.24. The minimum atomic E-state index is -0.931. The molecule has 4 nitrogen and oxygen atoms in total. The fourth-order valence-corrected chi connectivity index (χ4v) is 3.01. The predicted octanol–water partition coefficient (Wildman–Crippen LogP) is 4.31. The van der Waals surface area contributed by atoms with E-state index in [0.717, 1.165) is 27.8 Å². The summed E-state index contributed by atoms with van der Waals surface area (Å²) in [5.74, 6) is -0.931. The van der Waals surface area contributed by atoms with Crippen LogP contribution in [0.25, 0.3) is 16.6 Å². The van der Waals surface area contributed by atoms with Gasteiger partial charge < -0.3 is 5.11 Å².